The van der Waals surface area contributed by atoms with Crippen molar-refractivity contribution in [2.24, 2.45) is 0 Å². The molecule has 1 aromatic heterocycles. The van der Waals surface area contributed by atoms with Crippen LogP contribution in [-0.2, 0) is 4.79 Å². The summed E-state index contributed by atoms with van der Waals surface area (Å²) in [6, 6.07) is 9.74. The molecule has 1 saturated carbocycles. The van der Waals surface area contributed by atoms with Crippen LogP contribution < -0.4 is 10.6 Å². The van der Waals surface area contributed by atoms with Crippen LogP contribution in [0.4, 0.5) is 5.95 Å². The number of carbonyl (C=O) groups excluding carboxylic acids is 1. The minimum atomic E-state index is 0.0305. The molecule has 2 atom stereocenters. The van der Waals surface area contributed by atoms with Crippen LogP contribution in [0.25, 0.3) is 0 Å². The van der Waals surface area contributed by atoms with Crippen molar-refractivity contribution < 1.29 is 4.79 Å². The van der Waals surface area contributed by atoms with Crippen molar-refractivity contribution in [3.63, 3.8) is 0 Å². The van der Waals surface area contributed by atoms with Gasteiger partial charge in [0, 0.05) is 42.3 Å². The number of nitrogens with one attached hydrogen (secondary N) is 2. The van der Waals surface area contributed by atoms with E-state index in [1.165, 1.54) is 0 Å². The first-order chi connectivity index (χ1) is 10.7. The van der Waals surface area contributed by atoms with Crippen LogP contribution >= 0.6 is 11.6 Å². The van der Waals surface area contributed by atoms with Crippen LogP contribution in [-0.4, -0.2) is 28.5 Å². The van der Waals surface area contributed by atoms with Gasteiger partial charge in [0.05, 0.1) is 0 Å². The molecule has 114 valence electrons. The Hall–Kier alpha value is -2.14. The van der Waals surface area contributed by atoms with Gasteiger partial charge < -0.3 is 10.6 Å². The van der Waals surface area contributed by atoms with Crippen molar-refractivity contribution in [3.8, 4) is 0 Å². The lowest BCUT2D eigenvalue weighted by atomic mass is 10.1. The summed E-state index contributed by atoms with van der Waals surface area (Å²) >= 11 is 6.18. The van der Waals surface area contributed by atoms with E-state index in [1.807, 2.05) is 24.3 Å². The highest BCUT2D eigenvalue weighted by Crippen LogP contribution is 2.43. The molecule has 3 rings (SSSR count). The number of hydrogen-bond acceptors (Lipinski definition) is 4. The number of carbonyl (C=O) groups is 1. The van der Waals surface area contributed by atoms with E-state index in [1.54, 1.807) is 18.5 Å². The molecule has 22 heavy (non-hydrogen) atoms. The SMILES string of the molecule is O=C(CCNc1ncccn1)N[C@@H]1C[C@H]1c1ccccc1Cl. The molecule has 1 aliphatic carbocycles. The molecular weight excluding hydrogens is 300 g/mol. The van der Waals surface area contributed by atoms with Gasteiger partial charge >= 0.3 is 0 Å². The Bertz CT molecular complexity index is 650. The van der Waals surface area contributed by atoms with Gasteiger partial charge in [-0.05, 0) is 24.1 Å². The number of amides is 1. The molecular formula is C16H17ClN4O. The van der Waals surface area contributed by atoms with Gasteiger partial charge in [-0.1, -0.05) is 29.8 Å². The first kappa shape index (κ1) is 14.8. The summed E-state index contributed by atoms with van der Waals surface area (Å²) in [5.74, 6) is 0.904. The maximum atomic E-state index is 11.9. The van der Waals surface area contributed by atoms with Crippen molar-refractivity contribution in [2.45, 2.75) is 24.8 Å². The number of anilines is 1. The molecule has 0 unspecified atom stereocenters. The van der Waals surface area contributed by atoms with Gasteiger partial charge in [0.25, 0.3) is 0 Å². The molecule has 1 heterocycles. The predicted molar refractivity (Wildman–Crippen MR) is 85.9 cm³/mol. The monoisotopic (exact) mass is 316 g/mol. The predicted octanol–water partition coefficient (Wildman–Crippen LogP) is 2.60. The summed E-state index contributed by atoms with van der Waals surface area (Å²) in [5.41, 5.74) is 1.12. The molecule has 1 amide bonds. The van der Waals surface area contributed by atoms with E-state index in [4.69, 9.17) is 11.6 Å². The normalized spacial score (nSPS) is 19.5. The van der Waals surface area contributed by atoms with Crippen LogP contribution in [0.2, 0.25) is 5.02 Å². The van der Waals surface area contributed by atoms with E-state index in [0.29, 0.717) is 24.8 Å². The minimum Gasteiger partial charge on any atom is -0.354 e. The highest BCUT2D eigenvalue weighted by Gasteiger charge is 2.40. The van der Waals surface area contributed by atoms with E-state index >= 15 is 0 Å². The van der Waals surface area contributed by atoms with Crippen LogP contribution in [0.1, 0.15) is 24.3 Å². The fourth-order valence-electron chi connectivity index (χ4n) is 2.43. The quantitative estimate of drug-likeness (QED) is 0.859. The Morgan fingerprint density at radius 2 is 2.00 bits per heavy atom. The second kappa shape index (κ2) is 6.75. The summed E-state index contributed by atoms with van der Waals surface area (Å²) < 4.78 is 0. The summed E-state index contributed by atoms with van der Waals surface area (Å²) in [5, 5.41) is 6.83. The van der Waals surface area contributed by atoms with Crippen molar-refractivity contribution in [2.75, 3.05) is 11.9 Å². The number of rotatable bonds is 6. The van der Waals surface area contributed by atoms with Gasteiger partial charge in [-0.15, -0.1) is 0 Å². The van der Waals surface area contributed by atoms with Crippen molar-refractivity contribution in [1.82, 2.24) is 15.3 Å². The Kier molecular flexibility index (Phi) is 4.53. The summed E-state index contributed by atoms with van der Waals surface area (Å²) in [7, 11) is 0. The Balaban J connectivity index is 1.41. The smallest absolute Gasteiger partial charge is 0.222 e. The van der Waals surface area contributed by atoms with Crippen molar-refractivity contribution >= 4 is 23.5 Å². The molecule has 0 saturated heterocycles. The lowest BCUT2D eigenvalue weighted by molar-refractivity contribution is -0.121. The lowest BCUT2D eigenvalue weighted by Crippen LogP contribution is -2.28. The number of hydrogen-bond donors (Lipinski definition) is 2. The molecule has 0 radical (unpaired) electrons. The molecule has 0 bridgehead atoms. The number of aromatic nitrogens is 2. The second-order valence-corrected chi connectivity index (χ2v) is 5.69. The largest absolute Gasteiger partial charge is 0.354 e. The standard InChI is InChI=1S/C16H17ClN4O/c17-13-5-2-1-4-11(13)12-10-14(12)21-15(22)6-9-20-16-18-7-3-8-19-16/h1-5,7-8,12,14H,6,9-10H2,(H,21,22)(H,18,19,20)/t12-,14+/m0/s1. The van der Waals surface area contributed by atoms with E-state index in [0.717, 1.165) is 17.0 Å². The van der Waals surface area contributed by atoms with Crippen LogP contribution in [0.15, 0.2) is 42.7 Å². The van der Waals surface area contributed by atoms with Crippen molar-refractivity contribution in [3.05, 3.63) is 53.3 Å². The molecule has 5 nitrogen and oxygen atoms in total. The zero-order chi connectivity index (χ0) is 15.4. The zero-order valence-corrected chi connectivity index (χ0v) is 12.8. The molecule has 1 fully saturated rings. The zero-order valence-electron chi connectivity index (χ0n) is 12.0. The highest BCUT2D eigenvalue weighted by molar-refractivity contribution is 6.31. The molecule has 0 aliphatic heterocycles. The fourth-order valence-corrected chi connectivity index (χ4v) is 2.71. The van der Waals surface area contributed by atoms with E-state index in [2.05, 4.69) is 20.6 Å². The summed E-state index contributed by atoms with van der Waals surface area (Å²) in [6.45, 7) is 0.513. The molecule has 2 aromatic rings. The summed E-state index contributed by atoms with van der Waals surface area (Å²) in [4.78, 5) is 20.0. The number of nitrogens with zero attached hydrogens (tertiary/aromatic N) is 2. The highest BCUT2D eigenvalue weighted by atomic mass is 35.5. The molecule has 2 N–H and O–H groups in total. The first-order valence-electron chi connectivity index (χ1n) is 7.29. The Labute approximate surface area is 134 Å². The van der Waals surface area contributed by atoms with Crippen LogP contribution in [0.3, 0.4) is 0 Å². The van der Waals surface area contributed by atoms with Gasteiger partial charge in [0.2, 0.25) is 11.9 Å². The van der Waals surface area contributed by atoms with Crippen LogP contribution in [0, 0.1) is 0 Å². The van der Waals surface area contributed by atoms with Gasteiger partial charge in [-0.3, -0.25) is 4.79 Å². The maximum Gasteiger partial charge on any atom is 0.222 e. The number of halogens is 1. The van der Waals surface area contributed by atoms with Gasteiger partial charge in [0.15, 0.2) is 0 Å². The van der Waals surface area contributed by atoms with Gasteiger partial charge in [-0.25, -0.2) is 9.97 Å². The Morgan fingerprint density at radius 1 is 1.23 bits per heavy atom. The molecule has 1 aliphatic rings. The average molecular weight is 317 g/mol. The third-order valence-corrected chi connectivity index (χ3v) is 3.99. The van der Waals surface area contributed by atoms with Gasteiger partial charge in [0.1, 0.15) is 0 Å². The Morgan fingerprint density at radius 3 is 2.77 bits per heavy atom. The third kappa shape index (κ3) is 3.74. The minimum absolute atomic E-state index is 0.0305. The second-order valence-electron chi connectivity index (χ2n) is 5.29. The number of benzene rings is 1. The lowest BCUT2D eigenvalue weighted by Gasteiger charge is -2.07. The van der Waals surface area contributed by atoms with E-state index < -0.39 is 0 Å². The van der Waals surface area contributed by atoms with E-state index in [9.17, 15) is 4.79 Å². The maximum absolute atomic E-state index is 11.9. The molecule has 6 heteroatoms. The van der Waals surface area contributed by atoms with E-state index in [-0.39, 0.29) is 11.9 Å². The average Bonchev–Trinajstić information content (AvgIpc) is 3.27. The topological polar surface area (TPSA) is 66.9 Å². The third-order valence-electron chi connectivity index (χ3n) is 3.64. The molecule has 0 spiro atoms. The fraction of sp³-hybridized carbons (Fsp3) is 0.312. The summed E-state index contributed by atoms with van der Waals surface area (Å²) in [6.07, 6.45) is 4.66. The van der Waals surface area contributed by atoms with Crippen molar-refractivity contribution in [1.29, 1.82) is 0 Å². The molecule has 1 aromatic carbocycles. The van der Waals surface area contributed by atoms with Crippen LogP contribution in [0.5, 0.6) is 0 Å². The van der Waals surface area contributed by atoms with Gasteiger partial charge in [-0.2, -0.15) is 0 Å². The first-order valence-corrected chi connectivity index (χ1v) is 7.66.